The molecule has 14 heavy (non-hydrogen) atoms. The Balaban J connectivity index is 2.36. The van der Waals surface area contributed by atoms with Gasteiger partial charge in [0.25, 0.3) is 0 Å². The largest absolute Gasteiger partial charge is 0.396 e. The molecule has 1 aliphatic heterocycles. The molecule has 0 spiro atoms. The monoisotopic (exact) mass is 203 g/mol. The van der Waals surface area contributed by atoms with Crippen LogP contribution in [0, 0.1) is 5.92 Å². The predicted molar refractivity (Wildman–Crippen MR) is 54.0 cm³/mol. The van der Waals surface area contributed by atoms with Gasteiger partial charge in [-0.1, -0.05) is 6.92 Å². The Morgan fingerprint density at radius 1 is 1.50 bits per heavy atom. The van der Waals surface area contributed by atoms with Crippen LogP contribution < -0.4 is 5.73 Å². The first kappa shape index (κ1) is 11.9. The van der Waals surface area contributed by atoms with Gasteiger partial charge in [0.1, 0.15) is 0 Å². The van der Waals surface area contributed by atoms with Gasteiger partial charge < -0.3 is 20.3 Å². The SMILES string of the molecule is CC(CO)COC1(CN)CCOCC1. The van der Waals surface area contributed by atoms with Gasteiger partial charge in [0.15, 0.2) is 0 Å². The van der Waals surface area contributed by atoms with Crippen LogP contribution >= 0.6 is 0 Å². The number of rotatable bonds is 5. The Morgan fingerprint density at radius 3 is 2.64 bits per heavy atom. The molecule has 1 fully saturated rings. The zero-order chi connectivity index (χ0) is 10.4. The molecule has 4 heteroatoms. The zero-order valence-corrected chi connectivity index (χ0v) is 8.87. The van der Waals surface area contributed by atoms with Crippen molar-refractivity contribution in [2.45, 2.75) is 25.4 Å². The minimum atomic E-state index is -0.207. The normalized spacial score (nSPS) is 23.4. The molecule has 1 saturated heterocycles. The first-order valence-corrected chi connectivity index (χ1v) is 5.25. The van der Waals surface area contributed by atoms with E-state index in [2.05, 4.69) is 0 Å². The molecule has 4 nitrogen and oxygen atoms in total. The van der Waals surface area contributed by atoms with Crippen molar-refractivity contribution in [1.82, 2.24) is 0 Å². The summed E-state index contributed by atoms with van der Waals surface area (Å²) in [5, 5.41) is 8.88. The van der Waals surface area contributed by atoms with Crippen molar-refractivity contribution in [3.8, 4) is 0 Å². The number of hydrogen-bond acceptors (Lipinski definition) is 4. The van der Waals surface area contributed by atoms with Gasteiger partial charge in [0.05, 0.1) is 12.2 Å². The highest BCUT2D eigenvalue weighted by Gasteiger charge is 2.32. The van der Waals surface area contributed by atoms with Gasteiger partial charge in [-0.25, -0.2) is 0 Å². The first-order valence-electron chi connectivity index (χ1n) is 5.25. The minimum absolute atomic E-state index is 0.164. The molecule has 0 bridgehead atoms. The molecule has 0 aromatic carbocycles. The van der Waals surface area contributed by atoms with E-state index in [1.807, 2.05) is 6.92 Å². The molecule has 1 heterocycles. The molecular formula is C10H21NO3. The maximum atomic E-state index is 8.88. The van der Waals surface area contributed by atoms with Crippen LogP contribution in [0.25, 0.3) is 0 Å². The van der Waals surface area contributed by atoms with Gasteiger partial charge >= 0.3 is 0 Å². The Kier molecular flexibility index (Phi) is 4.81. The van der Waals surface area contributed by atoms with Crippen LogP contribution in [0.4, 0.5) is 0 Å². The summed E-state index contributed by atoms with van der Waals surface area (Å²) in [7, 11) is 0. The maximum Gasteiger partial charge on any atom is 0.0848 e. The summed E-state index contributed by atoms with van der Waals surface area (Å²) in [6.45, 7) is 4.69. The number of aliphatic hydroxyl groups excluding tert-OH is 1. The summed E-state index contributed by atoms with van der Waals surface area (Å²) in [6.07, 6.45) is 1.73. The van der Waals surface area contributed by atoms with Crippen LogP contribution in [0.2, 0.25) is 0 Å². The molecular weight excluding hydrogens is 182 g/mol. The molecule has 1 atom stereocenters. The predicted octanol–water partition coefficient (Wildman–Crippen LogP) is 0.139. The van der Waals surface area contributed by atoms with Crippen molar-refractivity contribution < 1.29 is 14.6 Å². The second-order valence-corrected chi connectivity index (χ2v) is 4.10. The smallest absolute Gasteiger partial charge is 0.0848 e. The zero-order valence-electron chi connectivity index (χ0n) is 8.87. The molecule has 0 saturated carbocycles. The topological polar surface area (TPSA) is 64.7 Å². The van der Waals surface area contributed by atoms with E-state index in [-0.39, 0.29) is 18.1 Å². The molecule has 3 N–H and O–H groups in total. The minimum Gasteiger partial charge on any atom is -0.396 e. The fourth-order valence-electron chi connectivity index (χ4n) is 1.52. The fourth-order valence-corrected chi connectivity index (χ4v) is 1.52. The highest BCUT2D eigenvalue weighted by atomic mass is 16.5. The summed E-state index contributed by atoms with van der Waals surface area (Å²) >= 11 is 0. The number of nitrogens with two attached hydrogens (primary N) is 1. The van der Waals surface area contributed by atoms with Gasteiger partial charge in [-0.15, -0.1) is 0 Å². The lowest BCUT2D eigenvalue weighted by atomic mass is 9.94. The van der Waals surface area contributed by atoms with E-state index in [4.69, 9.17) is 20.3 Å². The van der Waals surface area contributed by atoms with Gasteiger partial charge in [-0.2, -0.15) is 0 Å². The first-order chi connectivity index (χ1) is 6.72. The van der Waals surface area contributed by atoms with E-state index in [0.29, 0.717) is 13.2 Å². The average Bonchev–Trinajstić information content (AvgIpc) is 2.27. The standard InChI is InChI=1S/C10H21NO3/c1-9(6-12)7-14-10(8-11)2-4-13-5-3-10/h9,12H,2-8,11H2,1H3. The Morgan fingerprint density at radius 2 is 2.14 bits per heavy atom. The molecule has 0 radical (unpaired) electrons. The van der Waals surface area contributed by atoms with Crippen LogP contribution in [-0.4, -0.2) is 43.7 Å². The third kappa shape index (κ3) is 3.20. The number of hydrogen-bond donors (Lipinski definition) is 2. The maximum absolute atomic E-state index is 8.88. The van der Waals surface area contributed by atoms with Crippen LogP contribution in [0.1, 0.15) is 19.8 Å². The summed E-state index contributed by atoms with van der Waals surface area (Å²) in [5.41, 5.74) is 5.52. The van der Waals surface area contributed by atoms with Crippen molar-refractivity contribution >= 4 is 0 Å². The molecule has 0 aliphatic carbocycles. The molecule has 1 unspecified atom stereocenters. The lowest BCUT2D eigenvalue weighted by Crippen LogP contribution is -2.46. The molecule has 1 rings (SSSR count). The second-order valence-electron chi connectivity index (χ2n) is 4.10. The number of ether oxygens (including phenoxy) is 2. The van der Waals surface area contributed by atoms with Crippen LogP contribution in [-0.2, 0) is 9.47 Å². The van der Waals surface area contributed by atoms with Crippen LogP contribution in [0.5, 0.6) is 0 Å². The van der Waals surface area contributed by atoms with E-state index >= 15 is 0 Å². The second kappa shape index (κ2) is 5.66. The average molecular weight is 203 g/mol. The van der Waals surface area contributed by atoms with Gasteiger partial charge in [-0.3, -0.25) is 0 Å². The van der Waals surface area contributed by atoms with Crippen LogP contribution in [0.15, 0.2) is 0 Å². The summed E-state index contributed by atoms with van der Waals surface area (Å²) in [6, 6.07) is 0. The fraction of sp³-hybridized carbons (Fsp3) is 1.00. The Bertz CT molecular complexity index is 157. The molecule has 0 aromatic heterocycles. The van der Waals surface area contributed by atoms with E-state index in [1.165, 1.54) is 0 Å². The van der Waals surface area contributed by atoms with Gasteiger partial charge in [-0.05, 0) is 0 Å². The van der Waals surface area contributed by atoms with Crippen molar-refractivity contribution in [3.05, 3.63) is 0 Å². The van der Waals surface area contributed by atoms with E-state index in [1.54, 1.807) is 0 Å². The summed E-state index contributed by atoms with van der Waals surface area (Å²) < 4.78 is 11.1. The van der Waals surface area contributed by atoms with E-state index < -0.39 is 0 Å². The Hall–Kier alpha value is -0.160. The quantitative estimate of drug-likeness (QED) is 0.667. The van der Waals surface area contributed by atoms with E-state index in [0.717, 1.165) is 26.1 Å². The molecule has 0 aromatic rings. The summed E-state index contributed by atoms with van der Waals surface area (Å²) in [4.78, 5) is 0. The van der Waals surface area contributed by atoms with Crippen LogP contribution in [0.3, 0.4) is 0 Å². The van der Waals surface area contributed by atoms with Gasteiger partial charge in [0.2, 0.25) is 0 Å². The van der Waals surface area contributed by atoms with E-state index in [9.17, 15) is 0 Å². The van der Waals surface area contributed by atoms with Crippen molar-refractivity contribution in [2.24, 2.45) is 11.7 Å². The highest BCUT2D eigenvalue weighted by Crippen LogP contribution is 2.24. The third-order valence-electron chi connectivity index (χ3n) is 2.76. The lowest BCUT2D eigenvalue weighted by Gasteiger charge is -2.36. The summed E-state index contributed by atoms with van der Waals surface area (Å²) in [5.74, 6) is 0.182. The highest BCUT2D eigenvalue weighted by molar-refractivity contribution is 4.84. The Labute approximate surface area is 85.4 Å². The third-order valence-corrected chi connectivity index (χ3v) is 2.76. The molecule has 84 valence electrons. The van der Waals surface area contributed by atoms with Gasteiger partial charge in [0, 0.05) is 45.1 Å². The van der Waals surface area contributed by atoms with Crippen molar-refractivity contribution in [2.75, 3.05) is 33.0 Å². The molecule has 1 aliphatic rings. The molecule has 0 amide bonds. The van der Waals surface area contributed by atoms with Crippen molar-refractivity contribution in [1.29, 1.82) is 0 Å². The lowest BCUT2D eigenvalue weighted by molar-refractivity contribution is -0.115. The number of aliphatic hydroxyl groups is 1. The van der Waals surface area contributed by atoms with Crippen molar-refractivity contribution in [3.63, 3.8) is 0 Å².